The fourth-order valence-corrected chi connectivity index (χ4v) is 3.49. The monoisotopic (exact) mass is 423 g/mol. The molecule has 2 unspecified atom stereocenters. The Morgan fingerprint density at radius 1 is 1.13 bits per heavy atom. The average molecular weight is 423 g/mol. The molecular formula is C20H25NO9. The maximum atomic E-state index is 12.1. The molecule has 1 aliphatic rings. The van der Waals surface area contributed by atoms with Gasteiger partial charge in [0.15, 0.2) is 11.5 Å². The molecule has 0 radical (unpaired) electrons. The number of rotatable bonds is 5. The topological polar surface area (TPSA) is 137 Å². The van der Waals surface area contributed by atoms with Crippen molar-refractivity contribution in [2.45, 2.75) is 51.0 Å². The van der Waals surface area contributed by atoms with Gasteiger partial charge in [0.25, 0.3) is 0 Å². The van der Waals surface area contributed by atoms with Crippen LogP contribution in [0.5, 0.6) is 11.5 Å². The number of aliphatic hydroxyl groups is 2. The molecule has 2 aromatic rings. The van der Waals surface area contributed by atoms with Gasteiger partial charge in [0, 0.05) is 25.5 Å². The summed E-state index contributed by atoms with van der Waals surface area (Å²) in [6.45, 7) is 4.68. The highest BCUT2D eigenvalue weighted by molar-refractivity contribution is 5.91. The fourth-order valence-electron chi connectivity index (χ4n) is 3.49. The number of aliphatic hydroxyl groups excluding tert-OH is 2. The molecule has 1 aliphatic heterocycles. The highest BCUT2D eigenvalue weighted by atomic mass is 16.7. The molecule has 1 amide bonds. The van der Waals surface area contributed by atoms with E-state index in [-0.39, 0.29) is 22.8 Å². The summed E-state index contributed by atoms with van der Waals surface area (Å²) in [6.07, 6.45) is -4.67. The zero-order valence-electron chi connectivity index (χ0n) is 17.3. The predicted octanol–water partition coefficient (Wildman–Crippen LogP) is 1.01. The van der Waals surface area contributed by atoms with Crippen molar-refractivity contribution in [3.05, 3.63) is 28.6 Å². The Kier molecular flexibility index (Phi) is 6.04. The molecule has 30 heavy (non-hydrogen) atoms. The summed E-state index contributed by atoms with van der Waals surface area (Å²) in [7, 11) is 2.83. The minimum Gasteiger partial charge on any atom is -0.493 e. The lowest BCUT2D eigenvalue weighted by atomic mass is 9.89. The number of hydrogen-bond acceptors (Lipinski definition) is 9. The van der Waals surface area contributed by atoms with Gasteiger partial charge in [0.2, 0.25) is 12.2 Å². The molecule has 1 aromatic heterocycles. The van der Waals surface area contributed by atoms with E-state index in [1.54, 1.807) is 19.9 Å². The normalized spacial score (nSPS) is 25.7. The van der Waals surface area contributed by atoms with Crippen molar-refractivity contribution in [1.29, 1.82) is 0 Å². The maximum absolute atomic E-state index is 12.1. The third kappa shape index (κ3) is 4.12. The Morgan fingerprint density at radius 2 is 1.83 bits per heavy atom. The maximum Gasteiger partial charge on any atom is 0.360 e. The number of amides is 1. The molecule has 1 fully saturated rings. The quantitative estimate of drug-likeness (QED) is 0.602. The molecule has 4 atom stereocenters. The summed E-state index contributed by atoms with van der Waals surface area (Å²) < 4.78 is 27.5. The second kappa shape index (κ2) is 8.23. The van der Waals surface area contributed by atoms with Crippen LogP contribution in [-0.2, 0) is 14.3 Å². The van der Waals surface area contributed by atoms with Gasteiger partial charge in [-0.05, 0) is 26.0 Å². The molecule has 0 spiro atoms. The van der Waals surface area contributed by atoms with Crippen molar-refractivity contribution in [1.82, 2.24) is 0 Å². The second-order valence-corrected chi connectivity index (χ2v) is 7.51. The van der Waals surface area contributed by atoms with Crippen molar-refractivity contribution < 1.29 is 38.4 Å². The van der Waals surface area contributed by atoms with Crippen LogP contribution in [0.25, 0.3) is 11.0 Å². The molecule has 0 bridgehead atoms. The minimum absolute atomic E-state index is 0.00719. The highest BCUT2D eigenvalue weighted by Crippen LogP contribution is 2.37. The van der Waals surface area contributed by atoms with Crippen molar-refractivity contribution in [3.63, 3.8) is 0 Å². The van der Waals surface area contributed by atoms with Crippen molar-refractivity contribution in [3.8, 4) is 11.5 Å². The summed E-state index contributed by atoms with van der Waals surface area (Å²) in [5, 5.41) is 23.7. The number of nitrogens with one attached hydrogen (secondary N) is 1. The highest BCUT2D eigenvalue weighted by Gasteiger charge is 2.50. The fraction of sp³-hybridized carbons (Fsp3) is 0.500. The third-order valence-electron chi connectivity index (χ3n) is 4.87. The molecular weight excluding hydrogens is 398 g/mol. The van der Waals surface area contributed by atoms with Crippen LogP contribution in [0.15, 0.2) is 27.4 Å². The van der Waals surface area contributed by atoms with E-state index in [4.69, 9.17) is 23.4 Å². The molecule has 3 N–H and O–H groups in total. The van der Waals surface area contributed by atoms with Gasteiger partial charge in [0.1, 0.15) is 29.6 Å². The predicted molar refractivity (Wildman–Crippen MR) is 106 cm³/mol. The number of ether oxygens (including phenoxy) is 4. The molecule has 10 heteroatoms. The summed E-state index contributed by atoms with van der Waals surface area (Å²) in [5.41, 5.74) is -1.53. The first-order chi connectivity index (χ1) is 14.1. The zero-order chi connectivity index (χ0) is 22.2. The van der Waals surface area contributed by atoms with Gasteiger partial charge in [-0.1, -0.05) is 0 Å². The van der Waals surface area contributed by atoms with E-state index in [0.29, 0.717) is 5.39 Å². The van der Waals surface area contributed by atoms with E-state index in [1.165, 1.54) is 33.3 Å². The third-order valence-corrected chi connectivity index (χ3v) is 4.87. The first kappa shape index (κ1) is 22.0. The first-order valence-corrected chi connectivity index (χ1v) is 9.24. The molecule has 1 aromatic carbocycles. The lowest BCUT2D eigenvalue weighted by Crippen LogP contribution is -2.63. The van der Waals surface area contributed by atoms with Gasteiger partial charge in [-0.3, -0.25) is 4.79 Å². The van der Waals surface area contributed by atoms with Gasteiger partial charge in [0.05, 0.1) is 12.7 Å². The minimum atomic E-state index is -1.41. The van der Waals surface area contributed by atoms with Crippen molar-refractivity contribution in [2.24, 2.45) is 0 Å². The van der Waals surface area contributed by atoms with Crippen LogP contribution < -0.4 is 20.4 Å². The molecule has 164 valence electrons. The number of fused-ring (bicyclic) bond motifs is 1. The van der Waals surface area contributed by atoms with E-state index in [1.807, 2.05) is 0 Å². The van der Waals surface area contributed by atoms with Crippen LogP contribution in [0, 0.1) is 0 Å². The number of carbonyl (C=O) groups is 1. The lowest BCUT2D eigenvalue weighted by molar-refractivity contribution is -0.306. The Balaban J connectivity index is 1.97. The van der Waals surface area contributed by atoms with E-state index in [0.717, 1.165) is 0 Å². The molecule has 0 aliphatic carbocycles. The summed E-state index contributed by atoms with van der Waals surface area (Å²) in [6, 6.07) is 4.41. The Labute approximate surface area is 172 Å². The smallest absolute Gasteiger partial charge is 0.360 e. The average Bonchev–Trinajstić information content (AvgIpc) is 2.66. The van der Waals surface area contributed by atoms with Crippen LogP contribution >= 0.6 is 0 Å². The van der Waals surface area contributed by atoms with Crippen molar-refractivity contribution in [2.75, 3.05) is 19.5 Å². The SMILES string of the molecule is COc1cc2cc(NC(C)=O)c(=O)oc2cc1OC1OC(C)(C)C(OC)[C@H](O)[C@@H]1O. The number of benzene rings is 1. The number of hydrogen-bond donors (Lipinski definition) is 3. The van der Waals surface area contributed by atoms with Crippen LogP contribution in [0.3, 0.4) is 0 Å². The Hall–Kier alpha value is -2.66. The molecule has 2 heterocycles. The molecule has 0 saturated carbocycles. The van der Waals surface area contributed by atoms with Crippen LogP contribution in [0.1, 0.15) is 20.8 Å². The molecule has 10 nitrogen and oxygen atoms in total. The van der Waals surface area contributed by atoms with Crippen LogP contribution in [0.4, 0.5) is 5.69 Å². The van der Waals surface area contributed by atoms with Gasteiger partial charge >= 0.3 is 5.63 Å². The Bertz CT molecular complexity index is 1000. The molecule has 3 rings (SSSR count). The van der Waals surface area contributed by atoms with Crippen molar-refractivity contribution >= 4 is 22.6 Å². The largest absolute Gasteiger partial charge is 0.493 e. The van der Waals surface area contributed by atoms with E-state index >= 15 is 0 Å². The Morgan fingerprint density at radius 3 is 2.43 bits per heavy atom. The summed E-state index contributed by atoms with van der Waals surface area (Å²) in [5.74, 6) is -0.0158. The van der Waals surface area contributed by atoms with Gasteiger partial charge in [-0.15, -0.1) is 0 Å². The standard InChI is InChI=1S/C20H25NO9/c1-9(22)21-11-6-10-7-13(26-4)14(8-12(10)28-18(11)25)29-19-16(24)15(23)17(27-5)20(2,3)30-19/h6-8,15-17,19,23-24H,1-5H3,(H,21,22)/t15-,16+,17?,19?/m1/s1. The van der Waals surface area contributed by atoms with E-state index in [9.17, 15) is 19.8 Å². The molecule has 1 saturated heterocycles. The van der Waals surface area contributed by atoms with Gasteiger partial charge in [-0.2, -0.15) is 0 Å². The van der Waals surface area contributed by atoms with Gasteiger partial charge < -0.3 is 38.9 Å². The summed E-state index contributed by atoms with van der Waals surface area (Å²) >= 11 is 0. The number of carbonyl (C=O) groups excluding carboxylic acids is 1. The second-order valence-electron chi connectivity index (χ2n) is 7.51. The van der Waals surface area contributed by atoms with Gasteiger partial charge in [-0.25, -0.2) is 4.79 Å². The number of anilines is 1. The van der Waals surface area contributed by atoms with Crippen LogP contribution in [0.2, 0.25) is 0 Å². The number of methoxy groups -OCH3 is 2. The van der Waals surface area contributed by atoms with E-state index in [2.05, 4.69) is 5.32 Å². The zero-order valence-corrected chi connectivity index (χ0v) is 17.3. The summed E-state index contributed by atoms with van der Waals surface area (Å²) in [4.78, 5) is 23.4. The lowest BCUT2D eigenvalue weighted by Gasteiger charge is -2.46. The first-order valence-electron chi connectivity index (χ1n) is 9.24. The van der Waals surface area contributed by atoms with E-state index < -0.39 is 41.7 Å². The van der Waals surface area contributed by atoms with Crippen LogP contribution in [-0.4, -0.2) is 60.5 Å².